The van der Waals surface area contributed by atoms with E-state index < -0.39 is 10.0 Å². The van der Waals surface area contributed by atoms with Crippen LogP contribution in [-0.4, -0.2) is 30.8 Å². The fourth-order valence-electron chi connectivity index (χ4n) is 3.26. The van der Waals surface area contributed by atoms with Gasteiger partial charge in [0.15, 0.2) is 0 Å². The monoisotopic (exact) mass is 359 g/mol. The second-order valence-corrected chi connectivity index (χ2v) is 8.35. The maximum Gasteiger partial charge on any atom is 0.243 e. The highest BCUT2D eigenvalue weighted by Crippen LogP contribution is 2.38. The van der Waals surface area contributed by atoms with Crippen LogP contribution in [0.5, 0.6) is 0 Å². The molecule has 1 aromatic heterocycles. The van der Waals surface area contributed by atoms with Gasteiger partial charge in [0.25, 0.3) is 0 Å². The van der Waals surface area contributed by atoms with Gasteiger partial charge in [-0.05, 0) is 44.4 Å². The third-order valence-corrected chi connectivity index (χ3v) is 6.49. The number of pyridine rings is 1. The molecule has 0 saturated carbocycles. The second kappa shape index (κ2) is 7.54. The Morgan fingerprint density at radius 1 is 1.24 bits per heavy atom. The standard InChI is InChI=1S/C19H25N3O2S/c1-3-12-20-19-17(6-4-13-21-19)18-7-5-14-22(18)25(23,24)16-10-8-15(2)9-11-16/h4,6,8-11,13,18H,3,5,7,12,14H2,1-2H3,(H,20,21)/t18-/m0/s1. The van der Waals surface area contributed by atoms with Crippen LogP contribution in [0.1, 0.15) is 43.4 Å². The molecule has 1 aliphatic rings. The minimum atomic E-state index is -3.51. The lowest BCUT2D eigenvalue weighted by molar-refractivity contribution is 0.397. The predicted molar refractivity (Wildman–Crippen MR) is 100 cm³/mol. The normalized spacial score (nSPS) is 18.4. The van der Waals surface area contributed by atoms with Crippen LogP contribution >= 0.6 is 0 Å². The zero-order valence-corrected chi connectivity index (χ0v) is 15.6. The van der Waals surface area contributed by atoms with Gasteiger partial charge >= 0.3 is 0 Å². The third-order valence-electron chi connectivity index (χ3n) is 4.57. The van der Waals surface area contributed by atoms with Crippen LogP contribution in [0.15, 0.2) is 47.5 Å². The zero-order valence-electron chi connectivity index (χ0n) is 14.8. The summed E-state index contributed by atoms with van der Waals surface area (Å²) in [6.45, 7) is 5.42. The highest BCUT2D eigenvalue weighted by atomic mass is 32.2. The van der Waals surface area contributed by atoms with Crippen molar-refractivity contribution in [1.29, 1.82) is 0 Å². The first kappa shape index (κ1) is 17.9. The first-order chi connectivity index (χ1) is 12.0. The summed E-state index contributed by atoms with van der Waals surface area (Å²) in [6, 6.07) is 10.8. The Labute approximate surface area is 150 Å². The summed E-state index contributed by atoms with van der Waals surface area (Å²) in [4.78, 5) is 4.79. The van der Waals surface area contributed by atoms with E-state index >= 15 is 0 Å². The summed E-state index contributed by atoms with van der Waals surface area (Å²) >= 11 is 0. The summed E-state index contributed by atoms with van der Waals surface area (Å²) in [5, 5.41) is 3.33. The molecule has 1 N–H and O–H groups in total. The highest BCUT2D eigenvalue weighted by Gasteiger charge is 2.37. The fraction of sp³-hybridized carbons (Fsp3) is 0.421. The smallest absolute Gasteiger partial charge is 0.243 e. The Morgan fingerprint density at radius 3 is 2.72 bits per heavy atom. The van der Waals surface area contributed by atoms with Crippen molar-refractivity contribution in [1.82, 2.24) is 9.29 Å². The molecule has 5 nitrogen and oxygen atoms in total. The molecular weight excluding hydrogens is 334 g/mol. The summed E-state index contributed by atoms with van der Waals surface area (Å²) in [5.41, 5.74) is 2.01. The van der Waals surface area contributed by atoms with Crippen LogP contribution in [-0.2, 0) is 10.0 Å². The summed E-state index contributed by atoms with van der Waals surface area (Å²) in [5.74, 6) is 0.792. The van der Waals surface area contributed by atoms with Crippen LogP contribution in [0.3, 0.4) is 0 Å². The molecule has 1 saturated heterocycles. The number of benzene rings is 1. The Kier molecular flexibility index (Phi) is 5.39. The van der Waals surface area contributed by atoms with Gasteiger partial charge in [-0.25, -0.2) is 13.4 Å². The molecule has 0 unspecified atom stereocenters. The zero-order chi connectivity index (χ0) is 17.9. The van der Waals surface area contributed by atoms with E-state index in [1.54, 1.807) is 22.6 Å². The van der Waals surface area contributed by atoms with E-state index in [-0.39, 0.29) is 6.04 Å². The number of anilines is 1. The molecule has 25 heavy (non-hydrogen) atoms. The van der Waals surface area contributed by atoms with E-state index in [1.807, 2.05) is 31.2 Å². The lowest BCUT2D eigenvalue weighted by atomic mass is 10.1. The van der Waals surface area contributed by atoms with Gasteiger partial charge in [0, 0.05) is 24.8 Å². The van der Waals surface area contributed by atoms with Gasteiger partial charge in [-0.1, -0.05) is 30.7 Å². The molecule has 6 heteroatoms. The lowest BCUT2D eigenvalue weighted by Crippen LogP contribution is -2.31. The molecule has 1 atom stereocenters. The van der Waals surface area contributed by atoms with E-state index in [9.17, 15) is 8.42 Å². The van der Waals surface area contributed by atoms with Crippen molar-refractivity contribution in [3.05, 3.63) is 53.7 Å². The Balaban J connectivity index is 1.94. The molecule has 1 fully saturated rings. The fourth-order valence-corrected chi connectivity index (χ4v) is 4.94. The van der Waals surface area contributed by atoms with Gasteiger partial charge in [0.05, 0.1) is 10.9 Å². The maximum absolute atomic E-state index is 13.1. The van der Waals surface area contributed by atoms with E-state index in [0.717, 1.165) is 42.8 Å². The number of nitrogens with one attached hydrogen (secondary N) is 1. The van der Waals surface area contributed by atoms with Crippen molar-refractivity contribution in [2.45, 2.75) is 44.0 Å². The van der Waals surface area contributed by atoms with Crippen LogP contribution < -0.4 is 5.32 Å². The van der Waals surface area contributed by atoms with Crippen molar-refractivity contribution in [2.24, 2.45) is 0 Å². The molecule has 0 spiro atoms. The number of aromatic nitrogens is 1. The van der Waals surface area contributed by atoms with Crippen LogP contribution in [0.4, 0.5) is 5.82 Å². The second-order valence-electron chi connectivity index (χ2n) is 6.45. The summed E-state index contributed by atoms with van der Waals surface area (Å²) in [6.07, 6.45) is 4.41. The lowest BCUT2D eigenvalue weighted by Gasteiger charge is -2.26. The van der Waals surface area contributed by atoms with E-state index in [1.165, 1.54) is 0 Å². The van der Waals surface area contributed by atoms with Gasteiger partial charge in [-0.2, -0.15) is 4.31 Å². The first-order valence-electron chi connectivity index (χ1n) is 8.81. The van der Waals surface area contributed by atoms with Gasteiger partial charge in [-0.3, -0.25) is 0 Å². The van der Waals surface area contributed by atoms with Gasteiger partial charge in [0.1, 0.15) is 5.82 Å². The molecular formula is C19H25N3O2S. The number of rotatable bonds is 6. The van der Waals surface area contributed by atoms with Crippen LogP contribution in [0, 0.1) is 6.92 Å². The van der Waals surface area contributed by atoms with E-state index in [2.05, 4.69) is 17.2 Å². The maximum atomic E-state index is 13.1. The Morgan fingerprint density at radius 2 is 2.00 bits per heavy atom. The molecule has 1 aromatic carbocycles. The predicted octanol–water partition coefficient (Wildman–Crippen LogP) is 3.74. The molecule has 1 aliphatic heterocycles. The summed E-state index contributed by atoms with van der Waals surface area (Å²) in [7, 11) is -3.51. The number of nitrogens with zero attached hydrogens (tertiary/aromatic N) is 2. The van der Waals surface area contributed by atoms with Gasteiger partial charge in [-0.15, -0.1) is 0 Å². The van der Waals surface area contributed by atoms with Crippen molar-refractivity contribution in [3.8, 4) is 0 Å². The van der Waals surface area contributed by atoms with E-state index in [0.29, 0.717) is 11.4 Å². The Bertz CT molecular complexity index is 819. The molecule has 0 bridgehead atoms. The number of hydrogen-bond acceptors (Lipinski definition) is 4. The Hall–Kier alpha value is -1.92. The molecule has 0 amide bonds. The molecule has 0 radical (unpaired) electrons. The molecule has 2 heterocycles. The number of aryl methyl sites for hydroxylation is 1. The minimum Gasteiger partial charge on any atom is -0.370 e. The molecule has 3 rings (SSSR count). The van der Waals surface area contributed by atoms with Crippen molar-refractivity contribution in [2.75, 3.05) is 18.4 Å². The first-order valence-corrected chi connectivity index (χ1v) is 10.3. The van der Waals surface area contributed by atoms with E-state index in [4.69, 9.17) is 0 Å². The molecule has 2 aromatic rings. The SMILES string of the molecule is CCCNc1ncccc1[C@@H]1CCCN1S(=O)(=O)c1ccc(C)cc1. The van der Waals surface area contributed by atoms with Crippen LogP contribution in [0.25, 0.3) is 0 Å². The topological polar surface area (TPSA) is 62.3 Å². The minimum absolute atomic E-state index is 0.167. The van der Waals surface area contributed by atoms with Crippen LogP contribution in [0.2, 0.25) is 0 Å². The van der Waals surface area contributed by atoms with Crippen molar-refractivity contribution >= 4 is 15.8 Å². The average molecular weight is 359 g/mol. The van der Waals surface area contributed by atoms with Crippen molar-refractivity contribution in [3.63, 3.8) is 0 Å². The summed E-state index contributed by atoms with van der Waals surface area (Å²) < 4.78 is 27.9. The largest absolute Gasteiger partial charge is 0.370 e. The van der Waals surface area contributed by atoms with Crippen molar-refractivity contribution < 1.29 is 8.42 Å². The average Bonchev–Trinajstić information content (AvgIpc) is 3.11. The van der Waals surface area contributed by atoms with Gasteiger partial charge in [0.2, 0.25) is 10.0 Å². The number of sulfonamides is 1. The highest BCUT2D eigenvalue weighted by molar-refractivity contribution is 7.89. The van der Waals surface area contributed by atoms with Gasteiger partial charge < -0.3 is 5.32 Å². The number of hydrogen-bond donors (Lipinski definition) is 1. The third kappa shape index (κ3) is 3.70. The molecule has 134 valence electrons. The quantitative estimate of drug-likeness (QED) is 0.853. The molecule has 0 aliphatic carbocycles.